The molecule has 0 aliphatic carbocycles. The number of hydrogen-bond donors (Lipinski definition) is 1. The summed E-state index contributed by atoms with van der Waals surface area (Å²) >= 11 is 0. The first-order valence-corrected chi connectivity index (χ1v) is 5.07. The lowest BCUT2D eigenvalue weighted by atomic mass is 10.2. The number of carbonyl (C=O) groups is 1. The molecule has 2 aromatic rings. The quantitative estimate of drug-likeness (QED) is 0.644. The standard InChI is InChI=1S/C12H11N3O2/c1-9-11(8-14-17-9)12(16)15-13-7-10-5-3-2-4-6-10/h2-8H,1H3,(H,15,16)/b13-7+. The summed E-state index contributed by atoms with van der Waals surface area (Å²) in [6, 6.07) is 9.48. The van der Waals surface area contributed by atoms with Gasteiger partial charge in [-0.2, -0.15) is 5.10 Å². The van der Waals surface area contributed by atoms with Gasteiger partial charge in [0.1, 0.15) is 11.3 Å². The van der Waals surface area contributed by atoms with E-state index >= 15 is 0 Å². The number of benzene rings is 1. The molecule has 86 valence electrons. The fraction of sp³-hybridized carbons (Fsp3) is 0.0833. The average Bonchev–Trinajstić information content (AvgIpc) is 2.77. The maximum absolute atomic E-state index is 11.6. The Balaban J connectivity index is 1.98. The summed E-state index contributed by atoms with van der Waals surface area (Å²) < 4.78 is 4.79. The minimum Gasteiger partial charge on any atom is -0.361 e. The summed E-state index contributed by atoms with van der Waals surface area (Å²) in [7, 11) is 0. The summed E-state index contributed by atoms with van der Waals surface area (Å²) in [4.78, 5) is 11.6. The van der Waals surface area contributed by atoms with Crippen LogP contribution in [0.3, 0.4) is 0 Å². The predicted molar refractivity (Wildman–Crippen MR) is 62.7 cm³/mol. The van der Waals surface area contributed by atoms with Crippen molar-refractivity contribution in [1.29, 1.82) is 0 Å². The van der Waals surface area contributed by atoms with Crippen LogP contribution in [0.2, 0.25) is 0 Å². The van der Waals surface area contributed by atoms with Crippen molar-refractivity contribution in [3.05, 3.63) is 53.4 Å². The number of nitrogens with one attached hydrogen (secondary N) is 1. The van der Waals surface area contributed by atoms with Crippen LogP contribution in [0, 0.1) is 6.92 Å². The highest BCUT2D eigenvalue weighted by Crippen LogP contribution is 2.04. The molecule has 0 bridgehead atoms. The van der Waals surface area contributed by atoms with Gasteiger partial charge in [0, 0.05) is 0 Å². The first-order valence-electron chi connectivity index (χ1n) is 5.07. The van der Waals surface area contributed by atoms with Gasteiger partial charge in [-0.25, -0.2) is 5.43 Å². The van der Waals surface area contributed by atoms with E-state index in [1.54, 1.807) is 13.1 Å². The maximum Gasteiger partial charge on any atom is 0.276 e. The second-order valence-corrected chi connectivity index (χ2v) is 3.41. The van der Waals surface area contributed by atoms with Crippen LogP contribution in [0.1, 0.15) is 21.7 Å². The molecule has 0 spiro atoms. The highest BCUT2D eigenvalue weighted by molar-refractivity contribution is 5.95. The van der Waals surface area contributed by atoms with E-state index in [0.29, 0.717) is 11.3 Å². The van der Waals surface area contributed by atoms with Gasteiger partial charge in [0.05, 0.1) is 12.4 Å². The Hall–Kier alpha value is -2.43. The maximum atomic E-state index is 11.6. The van der Waals surface area contributed by atoms with Crippen LogP contribution in [-0.2, 0) is 0 Å². The van der Waals surface area contributed by atoms with E-state index in [9.17, 15) is 4.79 Å². The van der Waals surface area contributed by atoms with E-state index < -0.39 is 0 Å². The summed E-state index contributed by atoms with van der Waals surface area (Å²) in [5, 5.41) is 7.37. The molecule has 0 atom stereocenters. The molecule has 5 nitrogen and oxygen atoms in total. The van der Waals surface area contributed by atoms with Crippen molar-refractivity contribution in [2.45, 2.75) is 6.92 Å². The number of carbonyl (C=O) groups excluding carboxylic acids is 1. The zero-order chi connectivity index (χ0) is 12.1. The molecule has 0 unspecified atom stereocenters. The van der Waals surface area contributed by atoms with Gasteiger partial charge in [0.15, 0.2) is 0 Å². The van der Waals surface area contributed by atoms with E-state index in [4.69, 9.17) is 4.52 Å². The molecular weight excluding hydrogens is 218 g/mol. The zero-order valence-corrected chi connectivity index (χ0v) is 9.25. The summed E-state index contributed by atoms with van der Waals surface area (Å²) in [6.07, 6.45) is 2.93. The zero-order valence-electron chi connectivity index (χ0n) is 9.25. The number of hydrogen-bond acceptors (Lipinski definition) is 4. The van der Waals surface area contributed by atoms with Crippen molar-refractivity contribution in [3.63, 3.8) is 0 Å². The molecule has 1 aromatic heterocycles. The Labute approximate surface area is 98.1 Å². The monoisotopic (exact) mass is 229 g/mol. The molecule has 2 rings (SSSR count). The summed E-state index contributed by atoms with van der Waals surface area (Å²) in [5.74, 6) is 0.133. The van der Waals surface area contributed by atoms with Crippen LogP contribution < -0.4 is 5.43 Å². The molecule has 0 saturated carbocycles. The number of aryl methyl sites for hydroxylation is 1. The molecule has 0 aliphatic rings. The molecule has 1 N–H and O–H groups in total. The Morgan fingerprint density at radius 2 is 2.18 bits per heavy atom. The van der Waals surface area contributed by atoms with Crippen molar-refractivity contribution >= 4 is 12.1 Å². The van der Waals surface area contributed by atoms with Crippen molar-refractivity contribution in [3.8, 4) is 0 Å². The highest BCUT2D eigenvalue weighted by atomic mass is 16.5. The smallest absolute Gasteiger partial charge is 0.276 e. The number of aromatic nitrogens is 1. The molecule has 0 aliphatic heterocycles. The Morgan fingerprint density at radius 1 is 1.41 bits per heavy atom. The fourth-order valence-electron chi connectivity index (χ4n) is 1.28. The molecule has 0 radical (unpaired) electrons. The normalized spacial score (nSPS) is 10.6. The van der Waals surface area contributed by atoms with Crippen LogP contribution in [0.4, 0.5) is 0 Å². The minimum atomic E-state index is -0.337. The van der Waals surface area contributed by atoms with E-state index in [1.165, 1.54) is 6.20 Å². The van der Waals surface area contributed by atoms with Gasteiger partial charge in [-0.1, -0.05) is 35.5 Å². The molecule has 17 heavy (non-hydrogen) atoms. The first-order chi connectivity index (χ1) is 8.27. The lowest BCUT2D eigenvalue weighted by Crippen LogP contribution is -2.17. The fourth-order valence-corrected chi connectivity index (χ4v) is 1.28. The molecule has 5 heteroatoms. The number of nitrogens with zero attached hydrogens (tertiary/aromatic N) is 2. The number of rotatable bonds is 3. The topological polar surface area (TPSA) is 67.5 Å². The van der Waals surface area contributed by atoms with E-state index in [1.807, 2.05) is 30.3 Å². The molecule has 0 saturated heterocycles. The largest absolute Gasteiger partial charge is 0.361 e. The van der Waals surface area contributed by atoms with Crippen LogP contribution >= 0.6 is 0 Å². The molecule has 1 heterocycles. The van der Waals surface area contributed by atoms with Crippen molar-refractivity contribution in [1.82, 2.24) is 10.6 Å². The van der Waals surface area contributed by atoms with Crippen molar-refractivity contribution < 1.29 is 9.32 Å². The van der Waals surface area contributed by atoms with Crippen LogP contribution in [0.5, 0.6) is 0 Å². The van der Waals surface area contributed by atoms with Crippen molar-refractivity contribution in [2.24, 2.45) is 5.10 Å². The number of amides is 1. The average molecular weight is 229 g/mol. The highest BCUT2D eigenvalue weighted by Gasteiger charge is 2.11. The van der Waals surface area contributed by atoms with Gasteiger partial charge in [-0.3, -0.25) is 4.79 Å². The second-order valence-electron chi connectivity index (χ2n) is 3.41. The Bertz CT molecular complexity index is 532. The van der Waals surface area contributed by atoms with E-state index in [2.05, 4.69) is 15.7 Å². The van der Waals surface area contributed by atoms with Gasteiger partial charge in [0.25, 0.3) is 5.91 Å². The lowest BCUT2D eigenvalue weighted by molar-refractivity contribution is 0.0953. The first kappa shape index (κ1) is 11.1. The van der Waals surface area contributed by atoms with Crippen LogP contribution in [0.25, 0.3) is 0 Å². The van der Waals surface area contributed by atoms with Gasteiger partial charge in [-0.05, 0) is 12.5 Å². The summed E-state index contributed by atoms with van der Waals surface area (Å²) in [5.41, 5.74) is 3.70. The van der Waals surface area contributed by atoms with Gasteiger partial charge < -0.3 is 4.52 Å². The molecule has 0 fully saturated rings. The molecule has 1 aromatic carbocycles. The van der Waals surface area contributed by atoms with E-state index in [-0.39, 0.29) is 5.91 Å². The third-order valence-electron chi connectivity index (χ3n) is 2.17. The third-order valence-corrected chi connectivity index (χ3v) is 2.17. The van der Waals surface area contributed by atoms with Gasteiger partial charge >= 0.3 is 0 Å². The second kappa shape index (κ2) is 5.07. The third kappa shape index (κ3) is 2.78. The number of hydrazone groups is 1. The van der Waals surface area contributed by atoms with Crippen LogP contribution in [0.15, 0.2) is 46.2 Å². The SMILES string of the molecule is Cc1oncc1C(=O)N/N=C/c1ccccc1. The summed E-state index contributed by atoms with van der Waals surface area (Å²) in [6.45, 7) is 1.67. The predicted octanol–water partition coefficient (Wildman–Crippen LogP) is 1.75. The van der Waals surface area contributed by atoms with Crippen molar-refractivity contribution in [2.75, 3.05) is 0 Å². The Kier molecular flexibility index (Phi) is 3.30. The van der Waals surface area contributed by atoms with Gasteiger partial charge in [0.2, 0.25) is 0 Å². The lowest BCUT2D eigenvalue weighted by Gasteiger charge is -1.96. The molecular formula is C12H11N3O2. The Morgan fingerprint density at radius 3 is 2.82 bits per heavy atom. The minimum absolute atomic E-state index is 0.337. The van der Waals surface area contributed by atoms with Crippen LogP contribution in [-0.4, -0.2) is 17.3 Å². The van der Waals surface area contributed by atoms with E-state index in [0.717, 1.165) is 5.56 Å². The van der Waals surface area contributed by atoms with Gasteiger partial charge in [-0.15, -0.1) is 0 Å². The molecule has 1 amide bonds.